The van der Waals surface area contributed by atoms with Crippen molar-refractivity contribution in [1.82, 2.24) is 15.5 Å². The quantitative estimate of drug-likeness (QED) is 0.618. The van der Waals surface area contributed by atoms with E-state index >= 15 is 0 Å². The van der Waals surface area contributed by atoms with Gasteiger partial charge >= 0.3 is 6.03 Å². The zero-order chi connectivity index (χ0) is 22.3. The Hall–Kier alpha value is -2.86. The highest BCUT2D eigenvalue weighted by Gasteiger charge is 2.30. The maximum absolute atomic E-state index is 13.1. The minimum Gasteiger partial charge on any atom is -0.376 e. The van der Waals surface area contributed by atoms with Crippen molar-refractivity contribution in [3.8, 4) is 0 Å². The van der Waals surface area contributed by atoms with E-state index in [0.717, 1.165) is 37.1 Å². The molecular formula is C26H33N3O3. The topological polar surface area (TPSA) is 70.7 Å². The van der Waals surface area contributed by atoms with Crippen LogP contribution in [0.5, 0.6) is 0 Å². The Morgan fingerprint density at radius 3 is 2.59 bits per heavy atom. The molecule has 2 atom stereocenters. The van der Waals surface area contributed by atoms with E-state index < -0.39 is 0 Å². The first-order chi connectivity index (χ1) is 15.6. The predicted molar refractivity (Wildman–Crippen MR) is 124 cm³/mol. The molecule has 2 aromatic carbocycles. The third kappa shape index (κ3) is 6.10. The van der Waals surface area contributed by atoms with Gasteiger partial charge in [0.25, 0.3) is 5.91 Å². The molecule has 3 amide bonds. The molecule has 0 radical (unpaired) electrons. The van der Waals surface area contributed by atoms with Gasteiger partial charge in [-0.3, -0.25) is 4.79 Å². The summed E-state index contributed by atoms with van der Waals surface area (Å²) < 4.78 is 5.57. The fraction of sp³-hybridized carbons (Fsp3) is 0.462. The lowest BCUT2D eigenvalue weighted by Gasteiger charge is -2.30. The minimum atomic E-state index is -0.110. The molecule has 1 aliphatic carbocycles. The van der Waals surface area contributed by atoms with E-state index in [0.29, 0.717) is 24.6 Å². The van der Waals surface area contributed by atoms with E-state index in [1.165, 1.54) is 12.8 Å². The van der Waals surface area contributed by atoms with Gasteiger partial charge in [0.15, 0.2) is 0 Å². The summed E-state index contributed by atoms with van der Waals surface area (Å²) in [7, 11) is 0. The SMILES string of the molecule is CC(c1ccccc1)N(CC1CC1)C(=O)NCc1cccc(C(=O)NCC2CCCO2)c1. The van der Waals surface area contributed by atoms with Crippen LogP contribution >= 0.6 is 0 Å². The summed E-state index contributed by atoms with van der Waals surface area (Å²) in [5, 5.41) is 6.01. The van der Waals surface area contributed by atoms with E-state index in [1.54, 1.807) is 6.07 Å². The summed E-state index contributed by atoms with van der Waals surface area (Å²) in [5.41, 5.74) is 2.64. The molecule has 2 unspecified atom stereocenters. The number of nitrogens with zero attached hydrogens (tertiary/aromatic N) is 1. The molecule has 6 nitrogen and oxygen atoms in total. The van der Waals surface area contributed by atoms with E-state index in [9.17, 15) is 9.59 Å². The third-order valence-corrected chi connectivity index (χ3v) is 6.31. The Kier molecular flexibility index (Phi) is 7.43. The van der Waals surface area contributed by atoms with Crippen LogP contribution in [0, 0.1) is 5.92 Å². The summed E-state index contributed by atoms with van der Waals surface area (Å²) in [4.78, 5) is 27.5. The molecule has 1 aliphatic heterocycles. The lowest BCUT2D eigenvalue weighted by molar-refractivity contribution is 0.0857. The Labute approximate surface area is 190 Å². The van der Waals surface area contributed by atoms with Gasteiger partial charge in [-0.25, -0.2) is 4.79 Å². The normalized spacial score (nSPS) is 18.7. The molecule has 0 spiro atoms. The average molecular weight is 436 g/mol. The Morgan fingerprint density at radius 1 is 1.06 bits per heavy atom. The smallest absolute Gasteiger partial charge is 0.318 e. The van der Waals surface area contributed by atoms with E-state index in [2.05, 4.69) is 29.7 Å². The number of carbonyl (C=O) groups excluding carboxylic acids is 2. The molecule has 6 heteroatoms. The van der Waals surface area contributed by atoms with E-state index in [1.807, 2.05) is 41.3 Å². The lowest BCUT2D eigenvalue weighted by atomic mass is 10.1. The maximum Gasteiger partial charge on any atom is 0.318 e. The van der Waals surface area contributed by atoms with Crippen molar-refractivity contribution < 1.29 is 14.3 Å². The highest BCUT2D eigenvalue weighted by Crippen LogP contribution is 2.32. The van der Waals surface area contributed by atoms with E-state index in [4.69, 9.17) is 4.74 Å². The number of hydrogen-bond donors (Lipinski definition) is 2. The zero-order valence-corrected chi connectivity index (χ0v) is 18.8. The van der Waals surface area contributed by atoms with Crippen LogP contribution in [-0.4, -0.2) is 42.6 Å². The van der Waals surface area contributed by atoms with Gasteiger partial charge in [0.05, 0.1) is 12.1 Å². The van der Waals surface area contributed by atoms with Gasteiger partial charge in [-0.1, -0.05) is 42.5 Å². The summed E-state index contributed by atoms with van der Waals surface area (Å²) in [5.74, 6) is 0.490. The van der Waals surface area contributed by atoms with Gasteiger partial charge in [0.2, 0.25) is 0 Å². The van der Waals surface area contributed by atoms with Gasteiger partial charge in [-0.2, -0.15) is 0 Å². The molecule has 2 N–H and O–H groups in total. The fourth-order valence-corrected chi connectivity index (χ4v) is 4.12. The van der Waals surface area contributed by atoms with Crippen molar-refractivity contribution in [2.45, 2.75) is 51.3 Å². The molecule has 0 bridgehead atoms. The second-order valence-electron chi connectivity index (χ2n) is 8.89. The first kappa shape index (κ1) is 22.3. The second kappa shape index (κ2) is 10.6. The van der Waals surface area contributed by atoms with Gasteiger partial charge < -0.3 is 20.3 Å². The monoisotopic (exact) mass is 435 g/mol. The number of hydrogen-bond acceptors (Lipinski definition) is 3. The number of nitrogens with one attached hydrogen (secondary N) is 2. The van der Waals surface area contributed by atoms with Gasteiger partial charge in [0.1, 0.15) is 0 Å². The molecule has 32 heavy (non-hydrogen) atoms. The highest BCUT2D eigenvalue weighted by atomic mass is 16.5. The molecule has 4 rings (SSSR count). The largest absolute Gasteiger partial charge is 0.376 e. The maximum atomic E-state index is 13.1. The molecular weight excluding hydrogens is 402 g/mol. The van der Waals surface area contributed by atoms with Crippen LogP contribution in [0.25, 0.3) is 0 Å². The first-order valence-corrected chi connectivity index (χ1v) is 11.7. The number of urea groups is 1. The summed E-state index contributed by atoms with van der Waals surface area (Å²) in [6, 6.07) is 17.5. The summed E-state index contributed by atoms with van der Waals surface area (Å²) in [6.45, 7) is 4.54. The molecule has 0 aromatic heterocycles. The number of carbonyl (C=O) groups is 2. The number of ether oxygens (including phenoxy) is 1. The van der Waals surface area contributed by atoms with Crippen LogP contribution in [0.3, 0.4) is 0 Å². The van der Waals surface area contributed by atoms with Gasteiger partial charge in [-0.05, 0) is 61.8 Å². The molecule has 2 aromatic rings. The molecule has 1 heterocycles. The minimum absolute atomic E-state index is 0.00622. The molecule has 2 fully saturated rings. The van der Waals surface area contributed by atoms with Gasteiger partial charge in [-0.15, -0.1) is 0 Å². The van der Waals surface area contributed by atoms with Crippen molar-refractivity contribution in [1.29, 1.82) is 0 Å². The Morgan fingerprint density at radius 2 is 1.88 bits per heavy atom. The van der Waals surface area contributed by atoms with Crippen LogP contribution in [0.1, 0.15) is 60.1 Å². The van der Waals surface area contributed by atoms with Crippen LogP contribution in [0.4, 0.5) is 4.79 Å². The molecule has 2 aliphatic rings. The molecule has 170 valence electrons. The number of rotatable bonds is 9. The van der Waals surface area contributed by atoms with E-state index in [-0.39, 0.29) is 24.1 Å². The lowest BCUT2D eigenvalue weighted by Crippen LogP contribution is -2.42. The second-order valence-corrected chi connectivity index (χ2v) is 8.89. The average Bonchev–Trinajstić information content (AvgIpc) is 3.51. The third-order valence-electron chi connectivity index (χ3n) is 6.31. The van der Waals surface area contributed by atoms with Gasteiger partial charge in [0, 0.05) is 31.8 Å². The zero-order valence-electron chi connectivity index (χ0n) is 18.8. The van der Waals surface area contributed by atoms with Crippen LogP contribution < -0.4 is 10.6 Å². The summed E-state index contributed by atoms with van der Waals surface area (Å²) >= 11 is 0. The van der Waals surface area contributed by atoms with Crippen LogP contribution in [-0.2, 0) is 11.3 Å². The first-order valence-electron chi connectivity index (χ1n) is 11.7. The Bertz CT molecular complexity index is 908. The fourth-order valence-electron chi connectivity index (χ4n) is 4.12. The van der Waals surface area contributed by atoms with Crippen LogP contribution in [0.15, 0.2) is 54.6 Å². The van der Waals surface area contributed by atoms with Crippen molar-refractivity contribution in [2.75, 3.05) is 19.7 Å². The van der Waals surface area contributed by atoms with Crippen molar-refractivity contribution in [3.63, 3.8) is 0 Å². The van der Waals surface area contributed by atoms with Crippen molar-refractivity contribution >= 4 is 11.9 Å². The van der Waals surface area contributed by atoms with Crippen molar-refractivity contribution in [3.05, 3.63) is 71.3 Å². The van der Waals surface area contributed by atoms with Crippen LogP contribution in [0.2, 0.25) is 0 Å². The van der Waals surface area contributed by atoms with Crippen molar-refractivity contribution in [2.24, 2.45) is 5.92 Å². The summed E-state index contributed by atoms with van der Waals surface area (Å²) in [6.07, 6.45) is 4.54. The molecule has 1 saturated heterocycles. The Balaban J connectivity index is 1.34. The predicted octanol–water partition coefficient (Wildman–Crippen LogP) is 4.28. The number of amides is 3. The molecule has 1 saturated carbocycles. The highest BCUT2D eigenvalue weighted by molar-refractivity contribution is 5.94. The standard InChI is InChI=1S/C26H33N3O3/c1-19(22-8-3-2-4-9-22)29(18-20-12-13-20)26(31)28-16-21-7-5-10-23(15-21)25(30)27-17-24-11-6-14-32-24/h2-5,7-10,15,19-20,24H,6,11-14,16-18H2,1H3,(H,27,30)(H,28,31). The number of benzene rings is 2.